The normalized spacial score (nSPS) is 11.2. The van der Waals surface area contributed by atoms with Crippen LogP contribution >= 0.6 is 11.8 Å². The van der Waals surface area contributed by atoms with Gasteiger partial charge in [0.2, 0.25) is 0 Å². The van der Waals surface area contributed by atoms with E-state index in [0.717, 1.165) is 0 Å². The first-order valence-electron chi connectivity index (χ1n) is 5.05. The molecule has 0 unspecified atom stereocenters. The molecule has 0 radical (unpaired) electrons. The molecular formula is C8H15N5O4S. The molecule has 10 heteroatoms. The van der Waals surface area contributed by atoms with E-state index >= 15 is 0 Å². The van der Waals surface area contributed by atoms with Gasteiger partial charge in [-0.1, -0.05) is 5.11 Å². The topological polar surface area (TPSA) is 150 Å². The molecule has 0 spiro atoms. The number of thioether (sulfide) groups is 1. The highest BCUT2D eigenvalue weighted by Crippen LogP contribution is 2.01. The Hall–Kier alpha value is -1.64. The molecule has 0 aliphatic heterocycles. The van der Waals surface area contributed by atoms with Crippen LogP contribution in [0.15, 0.2) is 5.11 Å². The summed E-state index contributed by atoms with van der Waals surface area (Å²) in [7, 11) is 0. The standard InChI is InChI=1S/C8H15N5O4S/c9-6(7(14)15)5-18-4-3-17-8(16)11-1-2-12-13-10/h6H,1-5,9H2,(H,11,16)(H,14,15)/t6-/m0/s1. The van der Waals surface area contributed by atoms with Gasteiger partial charge in [-0.3, -0.25) is 4.79 Å². The van der Waals surface area contributed by atoms with Gasteiger partial charge in [-0.2, -0.15) is 11.8 Å². The molecule has 0 fully saturated rings. The third kappa shape index (κ3) is 9.58. The van der Waals surface area contributed by atoms with Crippen LogP contribution in [0.4, 0.5) is 4.79 Å². The molecule has 18 heavy (non-hydrogen) atoms. The Morgan fingerprint density at radius 2 is 2.33 bits per heavy atom. The number of amides is 1. The molecule has 0 heterocycles. The van der Waals surface area contributed by atoms with Crippen molar-refractivity contribution in [2.75, 3.05) is 31.2 Å². The lowest BCUT2D eigenvalue weighted by Crippen LogP contribution is -2.32. The van der Waals surface area contributed by atoms with Crippen LogP contribution in [0.25, 0.3) is 10.4 Å². The van der Waals surface area contributed by atoms with Crippen LogP contribution in [0.1, 0.15) is 0 Å². The number of rotatable bonds is 9. The molecule has 1 atom stereocenters. The van der Waals surface area contributed by atoms with E-state index in [4.69, 9.17) is 21.1 Å². The maximum atomic E-state index is 11.0. The number of nitrogens with one attached hydrogen (secondary N) is 1. The van der Waals surface area contributed by atoms with Crippen LogP contribution in [0, 0.1) is 0 Å². The van der Waals surface area contributed by atoms with Crippen molar-refractivity contribution in [1.82, 2.24) is 5.32 Å². The predicted octanol–water partition coefficient (Wildman–Crippen LogP) is 0.168. The molecule has 0 aromatic carbocycles. The number of aliphatic carboxylic acids is 1. The Morgan fingerprint density at radius 1 is 1.61 bits per heavy atom. The minimum absolute atomic E-state index is 0.157. The van der Waals surface area contributed by atoms with Gasteiger partial charge in [0.25, 0.3) is 0 Å². The first-order valence-corrected chi connectivity index (χ1v) is 6.21. The van der Waals surface area contributed by atoms with Gasteiger partial charge >= 0.3 is 12.1 Å². The summed E-state index contributed by atoms with van der Waals surface area (Å²) >= 11 is 1.29. The summed E-state index contributed by atoms with van der Waals surface area (Å²) in [6, 6.07) is -0.910. The lowest BCUT2D eigenvalue weighted by atomic mass is 10.4. The Morgan fingerprint density at radius 3 is 2.94 bits per heavy atom. The molecule has 9 nitrogen and oxygen atoms in total. The van der Waals surface area contributed by atoms with Crippen molar-refractivity contribution in [3.63, 3.8) is 0 Å². The number of alkyl carbamates (subject to hydrolysis) is 1. The third-order valence-electron chi connectivity index (χ3n) is 1.62. The fourth-order valence-corrected chi connectivity index (χ4v) is 1.54. The summed E-state index contributed by atoms with van der Waals surface area (Å²) < 4.78 is 4.77. The number of carbonyl (C=O) groups is 2. The van der Waals surface area contributed by atoms with E-state index in [9.17, 15) is 9.59 Å². The maximum Gasteiger partial charge on any atom is 0.407 e. The largest absolute Gasteiger partial charge is 0.480 e. The fourth-order valence-electron chi connectivity index (χ4n) is 0.779. The van der Waals surface area contributed by atoms with Gasteiger partial charge in [0.05, 0.1) is 0 Å². The van der Waals surface area contributed by atoms with Crippen LogP contribution in [0.5, 0.6) is 0 Å². The number of nitrogens with two attached hydrogens (primary N) is 1. The van der Waals surface area contributed by atoms with Crippen molar-refractivity contribution in [3.8, 4) is 0 Å². The summed E-state index contributed by atoms with van der Waals surface area (Å²) in [6.07, 6.45) is -0.605. The van der Waals surface area contributed by atoms with E-state index in [1.54, 1.807) is 0 Å². The van der Waals surface area contributed by atoms with Crippen LogP contribution < -0.4 is 11.1 Å². The zero-order chi connectivity index (χ0) is 13.8. The third-order valence-corrected chi connectivity index (χ3v) is 2.67. The number of azide groups is 1. The van der Waals surface area contributed by atoms with Crippen molar-refractivity contribution < 1.29 is 19.4 Å². The summed E-state index contributed by atoms with van der Waals surface area (Å²) in [4.78, 5) is 23.9. The number of hydrogen-bond donors (Lipinski definition) is 3. The van der Waals surface area contributed by atoms with Crippen LogP contribution in [-0.4, -0.2) is 54.4 Å². The van der Waals surface area contributed by atoms with Crippen molar-refractivity contribution in [3.05, 3.63) is 10.4 Å². The van der Waals surface area contributed by atoms with Crippen molar-refractivity contribution in [2.45, 2.75) is 6.04 Å². The van der Waals surface area contributed by atoms with Gasteiger partial charge in [0.15, 0.2) is 0 Å². The second-order valence-corrected chi connectivity index (χ2v) is 4.19. The van der Waals surface area contributed by atoms with Crippen molar-refractivity contribution >= 4 is 23.8 Å². The summed E-state index contributed by atoms with van der Waals surface area (Å²) in [6.45, 7) is 0.526. The lowest BCUT2D eigenvalue weighted by Gasteiger charge is -2.07. The lowest BCUT2D eigenvalue weighted by molar-refractivity contribution is -0.137. The average molecular weight is 277 g/mol. The molecule has 0 aromatic rings. The number of ether oxygens (including phenoxy) is 1. The predicted molar refractivity (Wildman–Crippen MR) is 66.3 cm³/mol. The molecular weight excluding hydrogens is 262 g/mol. The zero-order valence-corrected chi connectivity index (χ0v) is 10.4. The van der Waals surface area contributed by atoms with Gasteiger partial charge in [-0.15, -0.1) is 0 Å². The molecule has 0 aromatic heterocycles. The van der Waals surface area contributed by atoms with Crippen molar-refractivity contribution in [2.24, 2.45) is 10.8 Å². The molecule has 0 bridgehead atoms. The number of nitrogens with zero attached hydrogens (tertiary/aromatic N) is 3. The Balaban J connectivity index is 3.40. The second-order valence-electron chi connectivity index (χ2n) is 3.04. The first kappa shape index (κ1) is 16.4. The number of carboxylic acid groups (broad SMARTS) is 1. The quantitative estimate of drug-likeness (QED) is 0.236. The molecule has 0 saturated carbocycles. The smallest absolute Gasteiger partial charge is 0.407 e. The monoisotopic (exact) mass is 277 g/mol. The highest BCUT2D eigenvalue weighted by atomic mass is 32.2. The number of hydrogen-bond acceptors (Lipinski definition) is 6. The fraction of sp³-hybridized carbons (Fsp3) is 0.750. The van der Waals surface area contributed by atoms with Gasteiger partial charge < -0.3 is 20.9 Å². The number of carbonyl (C=O) groups excluding carboxylic acids is 1. The van der Waals surface area contributed by atoms with E-state index in [2.05, 4.69) is 15.3 Å². The summed E-state index contributed by atoms with van der Waals surface area (Å²) in [5.41, 5.74) is 13.2. The highest BCUT2D eigenvalue weighted by molar-refractivity contribution is 7.99. The second kappa shape index (κ2) is 10.5. The minimum Gasteiger partial charge on any atom is -0.480 e. The van der Waals surface area contributed by atoms with Crippen molar-refractivity contribution in [1.29, 1.82) is 0 Å². The van der Waals surface area contributed by atoms with E-state index in [-0.39, 0.29) is 25.4 Å². The van der Waals surface area contributed by atoms with Crippen LogP contribution in [-0.2, 0) is 9.53 Å². The molecule has 0 saturated heterocycles. The van der Waals surface area contributed by atoms with Gasteiger partial charge in [0, 0.05) is 29.5 Å². The first-order chi connectivity index (χ1) is 8.57. The Labute approximate surface area is 108 Å². The Bertz CT molecular complexity index is 321. The zero-order valence-electron chi connectivity index (χ0n) is 9.61. The molecule has 0 aliphatic rings. The highest BCUT2D eigenvalue weighted by Gasteiger charge is 2.10. The van der Waals surface area contributed by atoms with Crippen LogP contribution in [0.3, 0.4) is 0 Å². The average Bonchev–Trinajstić information content (AvgIpc) is 2.33. The van der Waals surface area contributed by atoms with Gasteiger partial charge in [-0.25, -0.2) is 4.79 Å². The summed E-state index contributed by atoms with van der Waals surface area (Å²) in [5, 5.41) is 14.1. The minimum atomic E-state index is -1.06. The molecule has 0 rings (SSSR count). The molecule has 102 valence electrons. The Kier molecular flexibility index (Phi) is 9.55. The molecule has 0 aliphatic carbocycles. The van der Waals surface area contributed by atoms with E-state index in [1.165, 1.54) is 11.8 Å². The van der Waals surface area contributed by atoms with E-state index in [0.29, 0.717) is 5.75 Å². The van der Waals surface area contributed by atoms with Gasteiger partial charge in [-0.05, 0) is 5.53 Å². The maximum absolute atomic E-state index is 11.0. The number of carboxylic acids is 1. The summed E-state index contributed by atoms with van der Waals surface area (Å²) in [5.74, 6) is -0.332. The molecule has 4 N–H and O–H groups in total. The van der Waals surface area contributed by atoms with E-state index < -0.39 is 18.1 Å². The molecule has 1 amide bonds. The SMILES string of the molecule is [N-]=[N+]=NCCNC(=O)OCCSC[C@H](N)C(=O)O. The van der Waals surface area contributed by atoms with E-state index in [1.807, 2.05) is 0 Å². The van der Waals surface area contributed by atoms with Gasteiger partial charge in [0.1, 0.15) is 12.6 Å². The van der Waals surface area contributed by atoms with Crippen LogP contribution in [0.2, 0.25) is 0 Å².